The minimum absolute atomic E-state index is 0. The second-order valence-electron chi connectivity index (χ2n) is 5.05. The number of anilines is 1. The lowest BCUT2D eigenvalue weighted by molar-refractivity contribution is 0.142. The quantitative estimate of drug-likeness (QED) is 0.924. The van der Waals surface area contributed by atoms with Gasteiger partial charge in [-0.1, -0.05) is 18.2 Å². The summed E-state index contributed by atoms with van der Waals surface area (Å²) in [5.74, 6) is 0. The van der Waals surface area contributed by atoms with Gasteiger partial charge in [-0.15, -0.1) is 12.4 Å². The number of rotatable bonds is 2. The van der Waals surface area contributed by atoms with E-state index in [9.17, 15) is 4.79 Å². The number of amides is 1. The van der Waals surface area contributed by atoms with Crippen molar-refractivity contribution in [2.24, 2.45) is 0 Å². The summed E-state index contributed by atoms with van der Waals surface area (Å²) in [7, 11) is 0. The van der Waals surface area contributed by atoms with Crippen LogP contribution in [0, 0.1) is 0 Å². The molecule has 1 aromatic heterocycles. The Bertz CT molecular complexity index is 611. The Kier molecular flexibility index (Phi) is 5.22. The molecule has 2 aromatic rings. The van der Waals surface area contributed by atoms with Gasteiger partial charge in [-0.2, -0.15) is 0 Å². The first-order chi connectivity index (χ1) is 10.2. The Labute approximate surface area is 135 Å². The summed E-state index contributed by atoms with van der Waals surface area (Å²) in [5.41, 5.74) is 3.36. The van der Waals surface area contributed by atoms with Gasteiger partial charge in [0.2, 0.25) is 0 Å². The van der Waals surface area contributed by atoms with Gasteiger partial charge in [0.1, 0.15) is 0 Å². The van der Waals surface area contributed by atoms with Crippen LogP contribution in [0.1, 0.15) is 0 Å². The highest BCUT2D eigenvalue weighted by Crippen LogP contribution is 2.23. The van der Waals surface area contributed by atoms with Gasteiger partial charge in [0.25, 0.3) is 0 Å². The third-order valence-electron chi connectivity index (χ3n) is 3.78. The topological polar surface area (TPSA) is 56.7 Å². The van der Waals surface area contributed by atoms with Crippen molar-refractivity contribution >= 4 is 24.2 Å². The Morgan fingerprint density at radius 1 is 1.00 bits per heavy atom. The molecule has 1 saturated heterocycles. The summed E-state index contributed by atoms with van der Waals surface area (Å²) in [6.07, 6.45) is 2.78. The number of pyridine rings is 1. The van der Waals surface area contributed by atoms with Gasteiger partial charge in [-0.05, 0) is 29.3 Å². The highest BCUT2D eigenvalue weighted by atomic mass is 35.5. The van der Waals surface area contributed by atoms with E-state index in [1.165, 1.54) is 4.90 Å². The average Bonchev–Trinajstić information content (AvgIpc) is 2.56. The van der Waals surface area contributed by atoms with Gasteiger partial charge >= 0.3 is 6.09 Å². The number of piperazine rings is 1. The fourth-order valence-electron chi connectivity index (χ4n) is 2.55. The SMILES string of the molecule is Cl.O=C(O)N1CCN(c2ccc(-c3cccnc3)cc2)CC1. The Balaban J connectivity index is 0.00000176. The number of hydrogen-bond donors (Lipinski definition) is 1. The highest BCUT2D eigenvalue weighted by molar-refractivity contribution is 5.85. The Morgan fingerprint density at radius 2 is 1.68 bits per heavy atom. The normalized spacial score (nSPS) is 14.4. The molecule has 3 rings (SSSR count). The largest absolute Gasteiger partial charge is 0.465 e. The van der Waals surface area contributed by atoms with E-state index in [0.29, 0.717) is 13.1 Å². The van der Waals surface area contributed by atoms with Crippen molar-refractivity contribution in [1.29, 1.82) is 0 Å². The van der Waals surface area contributed by atoms with Crippen LogP contribution in [0.5, 0.6) is 0 Å². The molecule has 0 aliphatic carbocycles. The smallest absolute Gasteiger partial charge is 0.407 e. The van der Waals surface area contributed by atoms with Gasteiger partial charge in [0.15, 0.2) is 0 Å². The number of hydrogen-bond acceptors (Lipinski definition) is 3. The van der Waals surface area contributed by atoms with E-state index in [1.54, 1.807) is 6.20 Å². The first kappa shape index (κ1) is 16.1. The van der Waals surface area contributed by atoms with Crippen molar-refractivity contribution in [3.8, 4) is 11.1 Å². The molecule has 0 atom stereocenters. The van der Waals surface area contributed by atoms with E-state index in [2.05, 4.69) is 34.1 Å². The molecule has 0 saturated carbocycles. The van der Waals surface area contributed by atoms with E-state index in [1.807, 2.05) is 18.3 Å². The zero-order chi connectivity index (χ0) is 14.7. The minimum Gasteiger partial charge on any atom is -0.465 e. The highest BCUT2D eigenvalue weighted by Gasteiger charge is 2.20. The number of nitrogens with zero attached hydrogens (tertiary/aromatic N) is 3. The van der Waals surface area contributed by atoms with Gasteiger partial charge < -0.3 is 14.9 Å². The molecule has 0 unspecified atom stereocenters. The summed E-state index contributed by atoms with van der Waals surface area (Å²) in [5, 5.41) is 8.96. The van der Waals surface area contributed by atoms with Crippen LogP contribution in [-0.2, 0) is 0 Å². The summed E-state index contributed by atoms with van der Waals surface area (Å²) in [6.45, 7) is 2.58. The van der Waals surface area contributed by atoms with Crippen LogP contribution in [0.3, 0.4) is 0 Å². The average molecular weight is 320 g/mol. The van der Waals surface area contributed by atoms with Crippen molar-refractivity contribution in [3.63, 3.8) is 0 Å². The van der Waals surface area contributed by atoms with Crippen LogP contribution in [0.25, 0.3) is 11.1 Å². The van der Waals surface area contributed by atoms with Gasteiger partial charge in [0.05, 0.1) is 0 Å². The third kappa shape index (κ3) is 3.49. The summed E-state index contributed by atoms with van der Waals surface area (Å²) < 4.78 is 0. The molecule has 1 N–H and O–H groups in total. The maximum Gasteiger partial charge on any atom is 0.407 e. The molecule has 116 valence electrons. The molecular weight excluding hydrogens is 302 g/mol. The third-order valence-corrected chi connectivity index (χ3v) is 3.78. The van der Waals surface area contributed by atoms with Crippen LogP contribution in [-0.4, -0.2) is 47.3 Å². The van der Waals surface area contributed by atoms with Gasteiger partial charge in [-0.3, -0.25) is 4.98 Å². The summed E-state index contributed by atoms with van der Waals surface area (Å²) in [4.78, 5) is 18.7. The fraction of sp³-hybridized carbons (Fsp3) is 0.250. The van der Waals surface area contributed by atoms with Gasteiger partial charge in [-0.25, -0.2) is 4.79 Å². The van der Waals surface area contributed by atoms with Crippen molar-refractivity contribution in [2.75, 3.05) is 31.1 Å². The number of carbonyl (C=O) groups is 1. The van der Waals surface area contributed by atoms with Crippen LogP contribution in [0.2, 0.25) is 0 Å². The number of carboxylic acid groups (broad SMARTS) is 1. The fourth-order valence-corrected chi connectivity index (χ4v) is 2.55. The zero-order valence-electron chi connectivity index (χ0n) is 12.1. The molecule has 2 heterocycles. The Morgan fingerprint density at radius 3 is 2.23 bits per heavy atom. The molecule has 1 fully saturated rings. The second-order valence-corrected chi connectivity index (χ2v) is 5.05. The predicted octanol–water partition coefficient (Wildman–Crippen LogP) is 2.97. The molecule has 0 radical (unpaired) electrons. The maximum atomic E-state index is 10.9. The lowest BCUT2D eigenvalue weighted by Gasteiger charge is -2.34. The Hall–Kier alpha value is -2.27. The minimum atomic E-state index is -0.832. The monoisotopic (exact) mass is 319 g/mol. The second kappa shape index (κ2) is 7.13. The maximum absolute atomic E-state index is 10.9. The van der Waals surface area contributed by atoms with Crippen LogP contribution in [0.4, 0.5) is 10.5 Å². The zero-order valence-corrected chi connectivity index (χ0v) is 12.9. The van der Waals surface area contributed by atoms with Crippen LogP contribution in [0.15, 0.2) is 48.8 Å². The van der Waals surface area contributed by atoms with Crippen molar-refractivity contribution in [1.82, 2.24) is 9.88 Å². The molecule has 0 spiro atoms. The van der Waals surface area contributed by atoms with Gasteiger partial charge in [0, 0.05) is 44.3 Å². The number of aromatic nitrogens is 1. The molecule has 1 aliphatic heterocycles. The molecule has 1 aliphatic rings. The molecule has 6 heteroatoms. The molecule has 5 nitrogen and oxygen atoms in total. The predicted molar refractivity (Wildman–Crippen MR) is 88.7 cm³/mol. The summed E-state index contributed by atoms with van der Waals surface area (Å²) in [6, 6.07) is 12.3. The molecule has 1 aromatic carbocycles. The number of benzene rings is 1. The molecule has 1 amide bonds. The molecule has 0 bridgehead atoms. The first-order valence-electron chi connectivity index (χ1n) is 6.97. The van der Waals surface area contributed by atoms with E-state index in [0.717, 1.165) is 29.9 Å². The lowest BCUT2D eigenvalue weighted by Crippen LogP contribution is -2.48. The van der Waals surface area contributed by atoms with Crippen LogP contribution >= 0.6 is 12.4 Å². The van der Waals surface area contributed by atoms with E-state index < -0.39 is 6.09 Å². The number of halogens is 1. The molecule has 22 heavy (non-hydrogen) atoms. The van der Waals surface area contributed by atoms with E-state index in [-0.39, 0.29) is 12.4 Å². The lowest BCUT2D eigenvalue weighted by atomic mass is 10.1. The summed E-state index contributed by atoms with van der Waals surface area (Å²) >= 11 is 0. The van der Waals surface area contributed by atoms with Crippen molar-refractivity contribution in [2.45, 2.75) is 0 Å². The van der Waals surface area contributed by atoms with Crippen molar-refractivity contribution < 1.29 is 9.90 Å². The van der Waals surface area contributed by atoms with Crippen LogP contribution < -0.4 is 4.90 Å². The molecular formula is C16H18ClN3O2. The first-order valence-corrected chi connectivity index (χ1v) is 6.97. The van der Waals surface area contributed by atoms with Crippen molar-refractivity contribution in [3.05, 3.63) is 48.8 Å². The van der Waals surface area contributed by atoms with E-state index >= 15 is 0 Å². The standard InChI is InChI=1S/C16H17N3O2.ClH/c20-16(21)19-10-8-18(9-11-19)15-5-3-13(4-6-15)14-2-1-7-17-12-14;/h1-7,12H,8-11H2,(H,20,21);1H. The van der Waals surface area contributed by atoms with E-state index in [4.69, 9.17) is 5.11 Å².